The van der Waals surface area contributed by atoms with Crippen LogP contribution < -0.4 is 5.32 Å². The molecule has 1 aromatic rings. The first-order chi connectivity index (χ1) is 10.1. The van der Waals surface area contributed by atoms with Crippen molar-refractivity contribution in [1.29, 1.82) is 0 Å². The van der Waals surface area contributed by atoms with Crippen molar-refractivity contribution in [3.8, 4) is 0 Å². The Morgan fingerprint density at radius 3 is 2.71 bits per heavy atom. The fourth-order valence-electron chi connectivity index (χ4n) is 2.47. The van der Waals surface area contributed by atoms with Crippen molar-refractivity contribution < 1.29 is 9.53 Å². The number of carbonyl (C=O) groups is 1. The zero-order valence-electron chi connectivity index (χ0n) is 12.1. The number of hydrogen-bond donors (Lipinski definition) is 1. The lowest BCUT2D eigenvalue weighted by atomic mass is 10.0. The molecule has 21 heavy (non-hydrogen) atoms. The summed E-state index contributed by atoms with van der Waals surface area (Å²) in [7, 11) is 1.54. The van der Waals surface area contributed by atoms with Gasteiger partial charge in [0.05, 0.1) is 0 Å². The monoisotopic (exact) mass is 330 g/mol. The average molecular weight is 331 g/mol. The van der Waals surface area contributed by atoms with Gasteiger partial charge in [-0.05, 0) is 30.5 Å². The van der Waals surface area contributed by atoms with Crippen molar-refractivity contribution in [3.05, 3.63) is 33.8 Å². The Morgan fingerprint density at radius 2 is 2.10 bits per heavy atom. The molecule has 1 heterocycles. The van der Waals surface area contributed by atoms with E-state index in [4.69, 9.17) is 27.9 Å². The van der Waals surface area contributed by atoms with Gasteiger partial charge < -0.3 is 15.0 Å². The van der Waals surface area contributed by atoms with Crippen LogP contribution in [0, 0.1) is 0 Å². The van der Waals surface area contributed by atoms with Crippen LogP contribution in [0.3, 0.4) is 0 Å². The SMILES string of the molecule is COCC(=O)N1CCC(NCc2ccc(Cl)cc2Cl)CC1. The lowest BCUT2D eigenvalue weighted by Gasteiger charge is -2.32. The predicted molar refractivity (Wildman–Crippen MR) is 84.8 cm³/mol. The largest absolute Gasteiger partial charge is 0.375 e. The Kier molecular flexibility index (Phi) is 6.30. The van der Waals surface area contributed by atoms with Gasteiger partial charge in [0.2, 0.25) is 5.91 Å². The third kappa shape index (κ3) is 4.85. The topological polar surface area (TPSA) is 41.6 Å². The number of ether oxygens (including phenoxy) is 1. The zero-order valence-corrected chi connectivity index (χ0v) is 13.6. The third-order valence-corrected chi connectivity index (χ3v) is 4.30. The van der Waals surface area contributed by atoms with Gasteiger partial charge in [0, 0.05) is 42.8 Å². The molecular formula is C15H20Cl2N2O2. The molecule has 0 aliphatic carbocycles. The van der Waals surface area contributed by atoms with E-state index in [2.05, 4.69) is 5.32 Å². The van der Waals surface area contributed by atoms with Crippen LogP contribution >= 0.6 is 23.2 Å². The summed E-state index contributed by atoms with van der Waals surface area (Å²) in [6.07, 6.45) is 1.89. The van der Waals surface area contributed by atoms with E-state index >= 15 is 0 Å². The summed E-state index contributed by atoms with van der Waals surface area (Å²) >= 11 is 12.0. The Bertz CT molecular complexity index is 489. The minimum Gasteiger partial charge on any atom is -0.375 e. The Hall–Kier alpha value is -0.810. The number of nitrogens with one attached hydrogen (secondary N) is 1. The van der Waals surface area contributed by atoms with Crippen LogP contribution in [0.25, 0.3) is 0 Å². The molecule has 0 atom stereocenters. The molecule has 1 N–H and O–H groups in total. The van der Waals surface area contributed by atoms with Gasteiger partial charge in [0.1, 0.15) is 6.61 Å². The fraction of sp³-hybridized carbons (Fsp3) is 0.533. The molecule has 1 fully saturated rings. The first kappa shape index (κ1) is 16.6. The number of halogens is 2. The molecule has 0 saturated carbocycles. The number of nitrogens with zero attached hydrogens (tertiary/aromatic N) is 1. The first-order valence-electron chi connectivity index (χ1n) is 7.04. The number of piperidine rings is 1. The molecule has 1 aliphatic heterocycles. The highest BCUT2D eigenvalue weighted by Gasteiger charge is 2.22. The van der Waals surface area contributed by atoms with Gasteiger partial charge in [-0.1, -0.05) is 29.3 Å². The van der Waals surface area contributed by atoms with E-state index in [-0.39, 0.29) is 12.5 Å². The number of hydrogen-bond acceptors (Lipinski definition) is 3. The third-order valence-electron chi connectivity index (χ3n) is 3.71. The molecule has 116 valence electrons. The molecule has 1 saturated heterocycles. The van der Waals surface area contributed by atoms with Crippen LogP contribution in [0.5, 0.6) is 0 Å². The second-order valence-electron chi connectivity index (χ2n) is 5.20. The Balaban J connectivity index is 1.77. The molecule has 6 heteroatoms. The van der Waals surface area contributed by atoms with Gasteiger partial charge in [0.15, 0.2) is 0 Å². The van der Waals surface area contributed by atoms with E-state index < -0.39 is 0 Å². The van der Waals surface area contributed by atoms with Gasteiger partial charge in [0.25, 0.3) is 0 Å². The summed E-state index contributed by atoms with van der Waals surface area (Å²) in [5.74, 6) is 0.0664. The molecule has 1 aromatic carbocycles. The van der Waals surface area contributed by atoms with Crippen molar-refractivity contribution in [2.75, 3.05) is 26.8 Å². The molecule has 4 nitrogen and oxygen atoms in total. The Morgan fingerprint density at radius 1 is 1.38 bits per heavy atom. The number of methoxy groups -OCH3 is 1. The van der Waals surface area contributed by atoms with Crippen LogP contribution in [0.15, 0.2) is 18.2 Å². The highest BCUT2D eigenvalue weighted by molar-refractivity contribution is 6.35. The average Bonchev–Trinajstić information content (AvgIpc) is 2.47. The quantitative estimate of drug-likeness (QED) is 0.902. The highest BCUT2D eigenvalue weighted by atomic mass is 35.5. The summed E-state index contributed by atoms with van der Waals surface area (Å²) in [5.41, 5.74) is 1.04. The second-order valence-corrected chi connectivity index (χ2v) is 6.05. The smallest absolute Gasteiger partial charge is 0.248 e. The molecule has 0 radical (unpaired) electrons. The summed E-state index contributed by atoms with van der Waals surface area (Å²) in [6, 6.07) is 5.95. The molecular weight excluding hydrogens is 311 g/mol. The van der Waals surface area contributed by atoms with Crippen LogP contribution in [0.1, 0.15) is 18.4 Å². The number of carbonyl (C=O) groups excluding carboxylic acids is 1. The minimum absolute atomic E-state index is 0.0664. The van der Waals surface area contributed by atoms with Gasteiger partial charge in [-0.2, -0.15) is 0 Å². The highest BCUT2D eigenvalue weighted by Crippen LogP contribution is 2.21. The number of likely N-dealkylation sites (tertiary alicyclic amines) is 1. The van der Waals surface area contributed by atoms with Gasteiger partial charge in [-0.25, -0.2) is 0 Å². The summed E-state index contributed by atoms with van der Waals surface area (Å²) in [4.78, 5) is 13.6. The van der Waals surface area contributed by atoms with Crippen molar-refractivity contribution >= 4 is 29.1 Å². The van der Waals surface area contributed by atoms with E-state index in [0.29, 0.717) is 22.6 Å². The van der Waals surface area contributed by atoms with Gasteiger partial charge in [-0.15, -0.1) is 0 Å². The van der Waals surface area contributed by atoms with Crippen molar-refractivity contribution in [3.63, 3.8) is 0 Å². The van der Waals surface area contributed by atoms with Gasteiger partial charge >= 0.3 is 0 Å². The van der Waals surface area contributed by atoms with E-state index in [9.17, 15) is 4.79 Å². The molecule has 0 unspecified atom stereocenters. The molecule has 1 amide bonds. The maximum absolute atomic E-state index is 11.7. The lowest BCUT2D eigenvalue weighted by molar-refractivity contribution is -0.136. The minimum atomic E-state index is 0.0664. The zero-order chi connectivity index (χ0) is 15.2. The maximum atomic E-state index is 11.7. The number of amides is 1. The summed E-state index contributed by atoms with van der Waals surface area (Å²) in [5, 5.41) is 4.82. The van der Waals surface area contributed by atoms with Crippen LogP contribution in [0.2, 0.25) is 10.0 Å². The van der Waals surface area contributed by atoms with E-state index in [1.54, 1.807) is 13.2 Å². The number of rotatable bonds is 5. The number of benzene rings is 1. The van der Waals surface area contributed by atoms with Crippen LogP contribution in [-0.4, -0.2) is 43.7 Å². The molecule has 1 aliphatic rings. The predicted octanol–water partition coefficient (Wildman–Crippen LogP) is 2.72. The summed E-state index contributed by atoms with van der Waals surface area (Å²) in [6.45, 7) is 2.42. The first-order valence-corrected chi connectivity index (χ1v) is 7.79. The fourth-order valence-corrected chi connectivity index (χ4v) is 2.94. The normalized spacial score (nSPS) is 16.2. The van der Waals surface area contributed by atoms with Crippen LogP contribution in [-0.2, 0) is 16.1 Å². The second kappa shape index (κ2) is 7.99. The van der Waals surface area contributed by atoms with Crippen molar-refractivity contribution in [1.82, 2.24) is 10.2 Å². The van der Waals surface area contributed by atoms with Gasteiger partial charge in [-0.3, -0.25) is 4.79 Å². The summed E-state index contributed by atoms with van der Waals surface area (Å²) < 4.78 is 4.88. The molecule has 0 spiro atoms. The van der Waals surface area contributed by atoms with Crippen LogP contribution in [0.4, 0.5) is 0 Å². The van der Waals surface area contributed by atoms with Crippen molar-refractivity contribution in [2.24, 2.45) is 0 Å². The molecule has 2 rings (SSSR count). The van der Waals surface area contributed by atoms with Crippen molar-refractivity contribution in [2.45, 2.75) is 25.4 Å². The Labute approximate surface area is 135 Å². The standard InChI is InChI=1S/C15H20Cl2N2O2/c1-21-10-15(20)19-6-4-13(5-7-19)18-9-11-2-3-12(16)8-14(11)17/h2-3,8,13,18H,4-7,9-10H2,1H3. The molecule has 0 bridgehead atoms. The van der Waals surface area contributed by atoms with E-state index in [1.165, 1.54) is 0 Å². The van der Waals surface area contributed by atoms with E-state index in [1.807, 2.05) is 17.0 Å². The maximum Gasteiger partial charge on any atom is 0.248 e. The molecule has 0 aromatic heterocycles. The van der Waals surface area contributed by atoms with E-state index in [0.717, 1.165) is 31.5 Å². The lowest BCUT2D eigenvalue weighted by Crippen LogP contribution is -2.45.